The predicted octanol–water partition coefficient (Wildman–Crippen LogP) is 2.60. The van der Waals surface area contributed by atoms with Gasteiger partial charge >= 0.3 is 5.63 Å². The van der Waals surface area contributed by atoms with E-state index in [9.17, 15) is 4.79 Å². The van der Waals surface area contributed by atoms with Gasteiger partial charge in [-0.3, -0.25) is 0 Å². The van der Waals surface area contributed by atoms with Crippen molar-refractivity contribution in [3.8, 4) is 0 Å². The van der Waals surface area contributed by atoms with Gasteiger partial charge in [0.25, 0.3) is 0 Å². The summed E-state index contributed by atoms with van der Waals surface area (Å²) in [6, 6.07) is 3.33. The zero-order valence-corrected chi connectivity index (χ0v) is 10.2. The average Bonchev–Trinajstić information content (AvgIpc) is 2.58. The summed E-state index contributed by atoms with van der Waals surface area (Å²) in [5.74, 6) is 0. The number of benzene rings is 1. The quantitative estimate of drug-likeness (QED) is 0.619. The summed E-state index contributed by atoms with van der Waals surface area (Å²) in [4.78, 5) is 15.7. The fourth-order valence-electron chi connectivity index (χ4n) is 2.06. The van der Waals surface area contributed by atoms with Crippen molar-refractivity contribution in [2.45, 2.75) is 13.8 Å². The highest BCUT2D eigenvalue weighted by Crippen LogP contribution is 2.34. The molecule has 0 saturated carbocycles. The number of nitrogens with zero attached hydrogens (tertiary/aromatic N) is 1. The van der Waals surface area contributed by atoms with Gasteiger partial charge in [-0.2, -0.15) is 0 Å². The topological polar surface area (TPSA) is 69.1 Å². The molecule has 0 aliphatic heterocycles. The molecule has 3 rings (SSSR count). The van der Waals surface area contributed by atoms with E-state index < -0.39 is 0 Å². The minimum atomic E-state index is -0.328. The van der Waals surface area contributed by atoms with E-state index in [0.717, 1.165) is 26.7 Å². The molecule has 4 nitrogen and oxygen atoms in total. The first kappa shape index (κ1) is 10.3. The number of hydrogen-bond donors (Lipinski definition) is 1. The van der Waals surface area contributed by atoms with Crippen LogP contribution in [0, 0.1) is 13.8 Å². The lowest BCUT2D eigenvalue weighted by Gasteiger charge is -2.03. The minimum Gasteiger partial charge on any atom is -0.423 e. The first-order valence-corrected chi connectivity index (χ1v) is 5.98. The Kier molecular flexibility index (Phi) is 2.00. The summed E-state index contributed by atoms with van der Waals surface area (Å²) in [5.41, 5.74) is 8.76. The van der Waals surface area contributed by atoms with E-state index in [1.807, 2.05) is 19.9 Å². The third kappa shape index (κ3) is 1.43. The number of aromatic nitrogens is 1. The third-order valence-corrected chi connectivity index (χ3v) is 3.68. The lowest BCUT2D eigenvalue weighted by molar-refractivity contribution is 0.560. The normalized spacial score (nSPS) is 11.4. The molecule has 0 amide bonds. The fourth-order valence-corrected chi connectivity index (χ4v) is 3.08. The molecule has 0 aliphatic carbocycles. The number of fused-ring (bicyclic) bond motifs is 3. The van der Waals surface area contributed by atoms with Crippen molar-refractivity contribution in [3.63, 3.8) is 0 Å². The number of aryl methyl sites for hydroxylation is 2. The van der Waals surface area contributed by atoms with Crippen molar-refractivity contribution >= 4 is 37.7 Å². The zero-order valence-electron chi connectivity index (χ0n) is 9.40. The summed E-state index contributed by atoms with van der Waals surface area (Å²) in [5, 5.41) is 1.46. The van der Waals surface area contributed by atoms with Crippen LogP contribution in [0.25, 0.3) is 21.2 Å². The third-order valence-electron chi connectivity index (χ3n) is 2.78. The maximum atomic E-state index is 11.4. The van der Waals surface area contributed by atoms with E-state index in [2.05, 4.69) is 4.98 Å². The van der Waals surface area contributed by atoms with Crippen molar-refractivity contribution in [2.24, 2.45) is 0 Å². The molecule has 0 radical (unpaired) electrons. The number of nitrogen functional groups attached to an aromatic ring is 1. The van der Waals surface area contributed by atoms with Crippen molar-refractivity contribution in [1.29, 1.82) is 0 Å². The molecule has 0 bridgehead atoms. The molecule has 2 aromatic heterocycles. The Labute approximate surface area is 101 Å². The molecule has 86 valence electrons. The molecule has 5 heteroatoms. The summed E-state index contributed by atoms with van der Waals surface area (Å²) < 4.78 is 6.21. The van der Waals surface area contributed by atoms with Crippen LogP contribution < -0.4 is 11.4 Å². The molecule has 0 unspecified atom stereocenters. The van der Waals surface area contributed by atoms with Crippen LogP contribution in [0.2, 0.25) is 0 Å². The maximum absolute atomic E-state index is 11.4. The van der Waals surface area contributed by atoms with Crippen LogP contribution in [0.5, 0.6) is 0 Å². The van der Waals surface area contributed by atoms with Crippen LogP contribution in [0.4, 0.5) is 5.13 Å². The molecule has 0 atom stereocenters. The van der Waals surface area contributed by atoms with Gasteiger partial charge in [0.2, 0.25) is 0 Å². The lowest BCUT2D eigenvalue weighted by atomic mass is 10.1. The fraction of sp³-hybridized carbons (Fsp3) is 0.167. The highest BCUT2D eigenvalue weighted by molar-refractivity contribution is 7.23. The molecule has 17 heavy (non-hydrogen) atoms. The smallest absolute Gasteiger partial charge is 0.336 e. The molecule has 2 N–H and O–H groups in total. The van der Waals surface area contributed by atoms with Crippen molar-refractivity contribution < 1.29 is 4.42 Å². The van der Waals surface area contributed by atoms with Crippen LogP contribution >= 0.6 is 11.3 Å². The van der Waals surface area contributed by atoms with E-state index in [4.69, 9.17) is 10.2 Å². The van der Waals surface area contributed by atoms with E-state index in [1.54, 1.807) is 0 Å². The summed E-state index contributed by atoms with van der Waals surface area (Å²) in [7, 11) is 0. The summed E-state index contributed by atoms with van der Waals surface area (Å²) >= 11 is 1.42. The van der Waals surface area contributed by atoms with Gasteiger partial charge in [0.15, 0.2) is 5.13 Å². The SMILES string of the molecule is Cc1cc2oc(=O)cc(C)c2c2sc(N)nc12. The Bertz CT molecular complexity index is 801. The maximum Gasteiger partial charge on any atom is 0.336 e. The van der Waals surface area contributed by atoms with Crippen LogP contribution in [0.15, 0.2) is 21.3 Å². The molecule has 3 aromatic rings. The van der Waals surface area contributed by atoms with Crippen molar-refractivity contribution in [1.82, 2.24) is 4.98 Å². The van der Waals surface area contributed by atoms with Crippen LogP contribution in [-0.2, 0) is 0 Å². The van der Waals surface area contributed by atoms with Crippen LogP contribution in [0.1, 0.15) is 11.1 Å². The lowest BCUT2D eigenvalue weighted by Crippen LogP contribution is -1.98. The summed E-state index contributed by atoms with van der Waals surface area (Å²) in [6.07, 6.45) is 0. The Morgan fingerprint density at radius 2 is 2.06 bits per heavy atom. The number of nitrogens with two attached hydrogens (primary N) is 1. The highest BCUT2D eigenvalue weighted by atomic mass is 32.1. The monoisotopic (exact) mass is 246 g/mol. The molecule has 2 heterocycles. The highest BCUT2D eigenvalue weighted by Gasteiger charge is 2.13. The number of anilines is 1. The average molecular weight is 246 g/mol. The molecular formula is C12H10N2O2S. The Hall–Kier alpha value is -1.88. The Morgan fingerprint density at radius 1 is 1.29 bits per heavy atom. The van der Waals surface area contributed by atoms with Gasteiger partial charge in [0.1, 0.15) is 5.58 Å². The Balaban J connectivity index is 2.67. The van der Waals surface area contributed by atoms with E-state index in [1.165, 1.54) is 17.4 Å². The van der Waals surface area contributed by atoms with Gasteiger partial charge in [-0.15, -0.1) is 0 Å². The molecule has 0 aliphatic rings. The van der Waals surface area contributed by atoms with Gasteiger partial charge in [0, 0.05) is 11.5 Å². The van der Waals surface area contributed by atoms with Gasteiger partial charge in [0.05, 0.1) is 10.2 Å². The second kappa shape index (κ2) is 3.30. The van der Waals surface area contributed by atoms with Gasteiger partial charge in [-0.05, 0) is 31.0 Å². The zero-order chi connectivity index (χ0) is 12.2. The minimum absolute atomic E-state index is 0.328. The second-order valence-electron chi connectivity index (χ2n) is 4.04. The molecular weight excluding hydrogens is 236 g/mol. The van der Waals surface area contributed by atoms with E-state index in [-0.39, 0.29) is 5.63 Å². The first-order valence-electron chi connectivity index (χ1n) is 5.16. The number of hydrogen-bond acceptors (Lipinski definition) is 5. The Morgan fingerprint density at radius 3 is 2.82 bits per heavy atom. The number of rotatable bonds is 0. The standard InChI is InChI=1S/C12H10N2O2S/c1-5-4-8(15)16-7-3-6(2)10-11(9(5)7)17-12(13)14-10/h3-4H,1-2H3,(H2,13,14). The first-order chi connectivity index (χ1) is 8.06. The van der Waals surface area contributed by atoms with E-state index in [0.29, 0.717) is 10.7 Å². The van der Waals surface area contributed by atoms with Gasteiger partial charge in [-0.25, -0.2) is 9.78 Å². The predicted molar refractivity (Wildman–Crippen MR) is 69.5 cm³/mol. The largest absolute Gasteiger partial charge is 0.423 e. The van der Waals surface area contributed by atoms with Crippen LogP contribution in [0.3, 0.4) is 0 Å². The second-order valence-corrected chi connectivity index (χ2v) is 5.08. The summed E-state index contributed by atoms with van der Waals surface area (Å²) in [6.45, 7) is 3.83. The van der Waals surface area contributed by atoms with Gasteiger partial charge < -0.3 is 10.2 Å². The van der Waals surface area contributed by atoms with E-state index >= 15 is 0 Å². The van der Waals surface area contributed by atoms with Crippen LogP contribution in [-0.4, -0.2) is 4.98 Å². The molecule has 1 aromatic carbocycles. The molecule has 0 saturated heterocycles. The molecule has 0 spiro atoms. The number of thiazole rings is 1. The van der Waals surface area contributed by atoms with Crippen molar-refractivity contribution in [2.75, 3.05) is 5.73 Å². The molecule has 0 fully saturated rings. The van der Waals surface area contributed by atoms with Gasteiger partial charge in [-0.1, -0.05) is 11.3 Å². The van der Waals surface area contributed by atoms with Crippen molar-refractivity contribution in [3.05, 3.63) is 33.7 Å².